The van der Waals surface area contributed by atoms with Gasteiger partial charge in [-0.25, -0.2) is 4.79 Å². The Balaban J connectivity index is 2.03. The standard InChI is InChI=1S/C15H21NO3/c1-14(2,3)15(8-18-9-15)10-19-13(17)11-6-4-5-7-12(11)16/h4-7H,8-10,16H2,1-3H3. The summed E-state index contributed by atoms with van der Waals surface area (Å²) in [5.41, 5.74) is 6.58. The summed E-state index contributed by atoms with van der Waals surface area (Å²) >= 11 is 0. The molecule has 1 aliphatic heterocycles. The molecule has 1 saturated heterocycles. The van der Waals surface area contributed by atoms with E-state index in [2.05, 4.69) is 20.8 Å². The van der Waals surface area contributed by atoms with E-state index >= 15 is 0 Å². The number of hydrogen-bond acceptors (Lipinski definition) is 4. The Labute approximate surface area is 113 Å². The maximum Gasteiger partial charge on any atom is 0.340 e. The highest BCUT2D eigenvalue weighted by Gasteiger charge is 2.49. The number of nitrogen functional groups attached to an aromatic ring is 1. The van der Waals surface area contributed by atoms with Gasteiger partial charge in [0.2, 0.25) is 0 Å². The second-order valence-electron chi connectivity index (χ2n) is 6.19. The van der Waals surface area contributed by atoms with Crippen molar-refractivity contribution in [2.45, 2.75) is 20.8 Å². The number of para-hydroxylation sites is 1. The Bertz CT molecular complexity index is 473. The lowest BCUT2D eigenvalue weighted by Gasteiger charge is -2.50. The van der Waals surface area contributed by atoms with E-state index in [9.17, 15) is 4.79 Å². The van der Waals surface area contributed by atoms with E-state index in [1.165, 1.54) is 0 Å². The summed E-state index contributed by atoms with van der Waals surface area (Å²) < 4.78 is 10.8. The van der Waals surface area contributed by atoms with Gasteiger partial charge in [-0.2, -0.15) is 0 Å². The summed E-state index contributed by atoms with van der Waals surface area (Å²) in [4.78, 5) is 12.0. The van der Waals surface area contributed by atoms with Crippen molar-refractivity contribution >= 4 is 11.7 Å². The molecule has 0 unspecified atom stereocenters. The molecule has 104 valence electrons. The minimum Gasteiger partial charge on any atom is -0.461 e. The molecule has 1 aliphatic rings. The number of ether oxygens (including phenoxy) is 2. The fraction of sp³-hybridized carbons (Fsp3) is 0.533. The minimum absolute atomic E-state index is 0.0355. The highest BCUT2D eigenvalue weighted by molar-refractivity contribution is 5.94. The van der Waals surface area contributed by atoms with E-state index in [0.717, 1.165) is 0 Å². The molecule has 19 heavy (non-hydrogen) atoms. The van der Waals surface area contributed by atoms with Gasteiger partial charge in [0.25, 0.3) is 0 Å². The van der Waals surface area contributed by atoms with Gasteiger partial charge in [-0.15, -0.1) is 0 Å². The van der Waals surface area contributed by atoms with Crippen molar-refractivity contribution in [3.8, 4) is 0 Å². The lowest BCUT2D eigenvalue weighted by atomic mass is 9.65. The molecule has 1 heterocycles. The molecule has 0 aliphatic carbocycles. The molecule has 0 amide bonds. The van der Waals surface area contributed by atoms with Crippen LogP contribution in [0.3, 0.4) is 0 Å². The maximum atomic E-state index is 12.0. The molecule has 0 saturated carbocycles. The monoisotopic (exact) mass is 263 g/mol. The average molecular weight is 263 g/mol. The molecular formula is C15H21NO3. The third kappa shape index (κ3) is 2.59. The quantitative estimate of drug-likeness (QED) is 0.672. The summed E-state index contributed by atoms with van der Waals surface area (Å²) in [5, 5.41) is 0. The first-order valence-electron chi connectivity index (χ1n) is 6.45. The van der Waals surface area contributed by atoms with Crippen LogP contribution in [0.1, 0.15) is 31.1 Å². The summed E-state index contributed by atoms with van der Waals surface area (Å²) in [5.74, 6) is -0.367. The van der Waals surface area contributed by atoms with Crippen LogP contribution >= 0.6 is 0 Å². The molecular weight excluding hydrogens is 242 g/mol. The van der Waals surface area contributed by atoms with E-state index in [1.807, 2.05) is 0 Å². The maximum absolute atomic E-state index is 12.0. The zero-order valence-electron chi connectivity index (χ0n) is 11.7. The van der Waals surface area contributed by atoms with Gasteiger partial charge in [0.15, 0.2) is 0 Å². The van der Waals surface area contributed by atoms with Gasteiger partial charge in [-0.3, -0.25) is 0 Å². The lowest BCUT2D eigenvalue weighted by molar-refractivity contribution is -0.190. The molecule has 0 spiro atoms. The van der Waals surface area contributed by atoms with E-state index in [1.54, 1.807) is 24.3 Å². The van der Waals surface area contributed by atoms with Crippen LogP contribution in [0.25, 0.3) is 0 Å². The largest absolute Gasteiger partial charge is 0.461 e. The van der Waals surface area contributed by atoms with Crippen molar-refractivity contribution in [2.75, 3.05) is 25.6 Å². The van der Waals surface area contributed by atoms with Crippen LogP contribution in [0.5, 0.6) is 0 Å². The molecule has 0 atom stereocenters. The zero-order chi connectivity index (χ0) is 14.1. The second kappa shape index (κ2) is 4.85. The van der Waals surface area contributed by atoms with Crippen molar-refractivity contribution in [1.82, 2.24) is 0 Å². The first kappa shape index (κ1) is 13.9. The molecule has 2 N–H and O–H groups in total. The highest BCUT2D eigenvalue weighted by Crippen LogP contribution is 2.44. The van der Waals surface area contributed by atoms with Gasteiger partial charge >= 0.3 is 5.97 Å². The average Bonchev–Trinajstić information content (AvgIpc) is 2.25. The molecule has 2 rings (SSSR count). The molecule has 4 heteroatoms. The number of nitrogens with two attached hydrogens (primary N) is 1. The smallest absolute Gasteiger partial charge is 0.340 e. The van der Waals surface area contributed by atoms with Gasteiger partial charge in [0, 0.05) is 5.69 Å². The Kier molecular flexibility index (Phi) is 3.54. The first-order chi connectivity index (χ1) is 8.86. The number of carbonyl (C=O) groups is 1. The summed E-state index contributed by atoms with van der Waals surface area (Å²) in [7, 11) is 0. The van der Waals surface area contributed by atoms with Crippen LogP contribution in [-0.2, 0) is 9.47 Å². The predicted octanol–water partition coefficient (Wildman–Crippen LogP) is 2.49. The van der Waals surface area contributed by atoms with Crippen LogP contribution < -0.4 is 5.73 Å². The molecule has 0 bridgehead atoms. The Morgan fingerprint density at radius 1 is 1.37 bits per heavy atom. The lowest BCUT2D eigenvalue weighted by Crippen LogP contribution is -2.55. The molecule has 4 nitrogen and oxygen atoms in total. The van der Waals surface area contributed by atoms with Crippen LogP contribution in [0, 0.1) is 10.8 Å². The van der Waals surface area contributed by atoms with Gasteiger partial charge in [0.05, 0.1) is 24.2 Å². The van der Waals surface area contributed by atoms with Crippen molar-refractivity contribution in [1.29, 1.82) is 0 Å². The fourth-order valence-electron chi connectivity index (χ4n) is 2.05. The Morgan fingerprint density at radius 3 is 2.47 bits per heavy atom. The SMILES string of the molecule is CC(C)(C)C1(COC(=O)c2ccccc2N)COC1. The minimum atomic E-state index is -0.367. The number of rotatable bonds is 3. The molecule has 1 fully saturated rings. The van der Waals surface area contributed by atoms with E-state index in [-0.39, 0.29) is 16.8 Å². The predicted molar refractivity (Wildman–Crippen MR) is 73.8 cm³/mol. The molecule has 0 aromatic heterocycles. The second-order valence-corrected chi connectivity index (χ2v) is 6.19. The summed E-state index contributed by atoms with van der Waals surface area (Å²) in [6, 6.07) is 6.95. The van der Waals surface area contributed by atoms with Crippen molar-refractivity contribution in [3.63, 3.8) is 0 Å². The molecule has 1 aromatic carbocycles. The number of hydrogen-bond donors (Lipinski definition) is 1. The molecule has 0 radical (unpaired) electrons. The van der Waals surface area contributed by atoms with Gasteiger partial charge < -0.3 is 15.2 Å². The summed E-state index contributed by atoms with van der Waals surface area (Å²) in [6.07, 6.45) is 0. The zero-order valence-corrected chi connectivity index (χ0v) is 11.7. The van der Waals surface area contributed by atoms with E-state index in [0.29, 0.717) is 31.1 Å². The van der Waals surface area contributed by atoms with Gasteiger partial charge in [-0.1, -0.05) is 32.9 Å². The summed E-state index contributed by atoms with van der Waals surface area (Å²) in [6.45, 7) is 8.05. The topological polar surface area (TPSA) is 61.5 Å². The van der Waals surface area contributed by atoms with Gasteiger partial charge in [0.1, 0.15) is 6.61 Å². The first-order valence-corrected chi connectivity index (χ1v) is 6.45. The number of anilines is 1. The van der Waals surface area contributed by atoms with Crippen molar-refractivity contribution < 1.29 is 14.3 Å². The van der Waals surface area contributed by atoms with Crippen LogP contribution in [0.15, 0.2) is 24.3 Å². The molecule has 1 aromatic rings. The van der Waals surface area contributed by atoms with E-state index < -0.39 is 0 Å². The van der Waals surface area contributed by atoms with E-state index in [4.69, 9.17) is 15.2 Å². The number of esters is 1. The third-order valence-electron chi connectivity index (χ3n) is 4.01. The van der Waals surface area contributed by atoms with Crippen LogP contribution in [-0.4, -0.2) is 25.8 Å². The number of carbonyl (C=O) groups excluding carboxylic acids is 1. The normalized spacial score (nSPS) is 17.6. The van der Waals surface area contributed by atoms with Crippen LogP contribution in [0.2, 0.25) is 0 Å². The number of benzene rings is 1. The van der Waals surface area contributed by atoms with Gasteiger partial charge in [-0.05, 0) is 17.5 Å². The van der Waals surface area contributed by atoms with Crippen molar-refractivity contribution in [3.05, 3.63) is 29.8 Å². The van der Waals surface area contributed by atoms with Crippen LogP contribution in [0.4, 0.5) is 5.69 Å². The fourth-order valence-corrected chi connectivity index (χ4v) is 2.05. The highest BCUT2D eigenvalue weighted by atomic mass is 16.5. The van der Waals surface area contributed by atoms with Crippen molar-refractivity contribution in [2.24, 2.45) is 10.8 Å². The third-order valence-corrected chi connectivity index (χ3v) is 4.01. The Hall–Kier alpha value is -1.55. The Morgan fingerprint density at radius 2 is 2.00 bits per heavy atom.